The van der Waals surface area contributed by atoms with E-state index in [0.29, 0.717) is 5.92 Å². The predicted octanol–water partition coefficient (Wildman–Crippen LogP) is 3.14. The fraction of sp³-hybridized carbons (Fsp3) is 0.467. The molecule has 0 bridgehead atoms. The van der Waals surface area contributed by atoms with Gasteiger partial charge in [0.2, 0.25) is 0 Å². The molecule has 1 nitrogen and oxygen atoms in total. The van der Waals surface area contributed by atoms with E-state index < -0.39 is 0 Å². The van der Waals surface area contributed by atoms with Crippen LogP contribution >= 0.6 is 0 Å². The van der Waals surface area contributed by atoms with Crippen LogP contribution in [-0.4, -0.2) is 21.8 Å². The van der Waals surface area contributed by atoms with E-state index in [-0.39, 0.29) is 6.10 Å². The number of ether oxygens (including phenoxy) is 1. The van der Waals surface area contributed by atoms with Crippen LogP contribution in [0.1, 0.15) is 33.1 Å². The van der Waals surface area contributed by atoms with Gasteiger partial charge in [-0.1, -0.05) is 24.6 Å². The highest BCUT2D eigenvalue weighted by Gasteiger charge is 2.19. The van der Waals surface area contributed by atoms with Crippen molar-refractivity contribution < 1.29 is 4.74 Å². The van der Waals surface area contributed by atoms with Gasteiger partial charge in [0.25, 0.3) is 0 Å². The van der Waals surface area contributed by atoms with E-state index in [1.165, 1.54) is 0 Å². The van der Waals surface area contributed by atoms with E-state index in [4.69, 9.17) is 20.4 Å². The van der Waals surface area contributed by atoms with Crippen molar-refractivity contribution in [2.24, 2.45) is 5.92 Å². The molecule has 2 aliphatic carbocycles. The first-order valence-electron chi connectivity index (χ1n) is 6.56. The van der Waals surface area contributed by atoms with Crippen LogP contribution in [0.25, 0.3) is 0 Å². The number of hydrogen-bond acceptors (Lipinski definition) is 1. The largest absolute Gasteiger partial charge is 0.490 e. The van der Waals surface area contributed by atoms with Crippen LogP contribution in [0.5, 0.6) is 0 Å². The molecule has 3 heteroatoms. The Morgan fingerprint density at radius 3 is 2.72 bits per heavy atom. The van der Waals surface area contributed by atoms with E-state index in [1.54, 1.807) is 0 Å². The molecule has 4 radical (unpaired) electrons. The lowest BCUT2D eigenvalue weighted by Crippen LogP contribution is -2.17. The second kappa shape index (κ2) is 5.69. The number of hydrogen-bond donors (Lipinski definition) is 0. The van der Waals surface area contributed by atoms with Crippen molar-refractivity contribution in [1.29, 1.82) is 0 Å². The third-order valence-corrected chi connectivity index (χ3v) is 3.66. The van der Waals surface area contributed by atoms with Crippen LogP contribution in [-0.2, 0) is 4.74 Å². The van der Waals surface area contributed by atoms with Crippen molar-refractivity contribution in [3.63, 3.8) is 0 Å². The maximum Gasteiger partial charge on any atom is 0.120 e. The van der Waals surface area contributed by atoms with E-state index >= 15 is 0 Å². The Kier molecular flexibility index (Phi) is 4.21. The van der Waals surface area contributed by atoms with Crippen molar-refractivity contribution in [2.45, 2.75) is 39.2 Å². The van der Waals surface area contributed by atoms with Crippen LogP contribution in [0.3, 0.4) is 0 Å². The van der Waals surface area contributed by atoms with Crippen LogP contribution in [0, 0.1) is 5.92 Å². The summed E-state index contributed by atoms with van der Waals surface area (Å²) in [7, 11) is 11.9. The lowest BCUT2D eigenvalue weighted by Gasteiger charge is -2.27. The zero-order chi connectivity index (χ0) is 13.1. The lowest BCUT2D eigenvalue weighted by molar-refractivity contribution is 0.140. The average Bonchev–Trinajstić information content (AvgIpc) is 2.36. The van der Waals surface area contributed by atoms with Gasteiger partial charge in [-0.15, -0.1) is 10.9 Å². The highest BCUT2D eigenvalue weighted by atomic mass is 16.5. The van der Waals surface area contributed by atoms with E-state index in [9.17, 15) is 0 Å². The van der Waals surface area contributed by atoms with Gasteiger partial charge in [0.15, 0.2) is 0 Å². The molecule has 90 valence electrons. The molecule has 0 saturated heterocycles. The molecule has 0 aromatic carbocycles. The minimum absolute atomic E-state index is 0.0604. The monoisotopic (exact) mass is 236 g/mol. The van der Waals surface area contributed by atoms with Gasteiger partial charge in [-0.3, -0.25) is 0 Å². The molecular weight excluding hydrogens is 218 g/mol. The first kappa shape index (κ1) is 13.3. The molecule has 2 aliphatic rings. The van der Waals surface area contributed by atoms with E-state index in [1.807, 2.05) is 25.2 Å². The van der Waals surface area contributed by atoms with Crippen LogP contribution in [0.15, 0.2) is 46.6 Å². The highest BCUT2D eigenvalue weighted by Crippen LogP contribution is 2.29. The standard InChI is InChI=1S/C15H18B2O/c1-3-11-8-12(6-7-14(11)16)18-13-5-4-10(2)15(17)9-13/h4-7,11,13H,3,8-9H2,1-2H3. The van der Waals surface area contributed by atoms with Gasteiger partial charge in [-0.25, -0.2) is 0 Å². The Morgan fingerprint density at radius 2 is 2.06 bits per heavy atom. The van der Waals surface area contributed by atoms with Gasteiger partial charge in [0.1, 0.15) is 21.8 Å². The van der Waals surface area contributed by atoms with Crippen molar-refractivity contribution in [1.82, 2.24) is 0 Å². The number of rotatable bonds is 3. The van der Waals surface area contributed by atoms with Crippen molar-refractivity contribution >= 4 is 15.7 Å². The minimum atomic E-state index is 0.0604. The third-order valence-electron chi connectivity index (χ3n) is 3.66. The molecule has 0 aromatic rings. The van der Waals surface area contributed by atoms with Crippen LogP contribution < -0.4 is 0 Å². The van der Waals surface area contributed by atoms with Crippen LogP contribution in [0.2, 0.25) is 0 Å². The summed E-state index contributed by atoms with van der Waals surface area (Å²) in [5.74, 6) is 1.42. The first-order chi connectivity index (χ1) is 8.60. The van der Waals surface area contributed by atoms with Crippen molar-refractivity contribution in [3.8, 4) is 0 Å². The first-order valence-corrected chi connectivity index (χ1v) is 6.56. The molecule has 0 aliphatic heterocycles. The maximum absolute atomic E-state index is 5.99. The quantitative estimate of drug-likeness (QED) is 0.684. The molecule has 2 unspecified atom stereocenters. The topological polar surface area (TPSA) is 9.23 Å². The number of allylic oxidation sites excluding steroid dienone is 6. The molecule has 18 heavy (non-hydrogen) atoms. The summed E-state index contributed by atoms with van der Waals surface area (Å²) >= 11 is 0. The van der Waals surface area contributed by atoms with Gasteiger partial charge in [-0.05, 0) is 31.4 Å². The average molecular weight is 236 g/mol. The van der Waals surface area contributed by atoms with E-state index in [0.717, 1.165) is 41.5 Å². The smallest absolute Gasteiger partial charge is 0.120 e. The Hall–Kier alpha value is -1.11. The van der Waals surface area contributed by atoms with Gasteiger partial charge in [0, 0.05) is 12.8 Å². The summed E-state index contributed by atoms with van der Waals surface area (Å²) in [6.45, 7) is 4.18. The molecule has 2 rings (SSSR count). The Bertz CT molecular complexity index is 443. The Labute approximate surface area is 112 Å². The van der Waals surface area contributed by atoms with Gasteiger partial charge >= 0.3 is 0 Å². The van der Waals surface area contributed by atoms with Gasteiger partial charge < -0.3 is 4.74 Å². The zero-order valence-corrected chi connectivity index (χ0v) is 11.1. The minimum Gasteiger partial charge on any atom is -0.490 e. The summed E-state index contributed by atoms with van der Waals surface area (Å²) in [6.07, 6.45) is 10.8. The Balaban J connectivity index is 1.98. The van der Waals surface area contributed by atoms with Gasteiger partial charge in [-0.2, -0.15) is 0 Å². The molecule has 0 N–H and O–H groups in total. The molecule has 0 heterocycles. The third kappa shape index (κ3) is 3.01. The van der Waals surface area contributed by atoms with Gasteiger partial charge in [0.05, 0.1) is 5.76 Å². The Morgan fingerprint density at radius 1 is 1.28 bits per heavy atom. The molecule has 2 atom stereocenters. The summed E-state index contributed by atoms with van der Waals surface area (Å²) in [5.41, 5.74) is 3.02. The second-order valence-corrected chi connectivity index (χ2v) is 5.04. The molecule has 0 fully saturated rings. The van der Waals surface area contributed by atoms with E-state index in [2.05, 4.69) is 13.0 Å². The normalized spacial score (nSPS) is 27.9. The summed E-state index contributed by atoms with van der Waals surface area (Å²) < 4.78 is 5.99. The fourth-order valence-electron chi connectivity index (χ4n) is 2.30. The zero-order valence-electron chi connectivity index (χ0n) is 11.1. The molecule has 0 aromatic heterocycles. The molecule has 0 spiro atoms. The summed E-state index contributed by atoms with van der Waals surface area (Å²) in [5, 5.41) is 0. The summed E-state index contributed by atoms with van der Waals surface area (Å²) in [4.78, 5) is 0. The summed E-state index contributed by atoms with van der Waals surface area (Å²) in [6, 6.07) is 0. The van der Waals surface area contributed by atoms with Crippen molar-refractivity contribution in [3.05, 3.63) is 46.6 Å². The fourth-order valence-corrected chi connectivity index (χ4v) is 2.30. The lowest BCUT2D eigenvalue weighted by atomic mass is 9.77. The maximum atomic E-state index is 5.99. The van der Waals surface area contributed by atoms with Crippen LogP contribution in [0.4, 0.5) is 0 Å². The van der Waals surface area contributed by atoms with Crippen molar-refractivity contribution in [2.75, 3.05) is 0 Å². The predicted molar refractivity (Wildman–Crippen MR) is 77.4 cm³/mol. The molecule has 0 saturated carbocycles. The second-order valence-electron chi connectivity index (χ2n) is 5.04. The highest BCUT2D eigenvalue weighted by molar-refractivity contribution is 6.22. The SMILES string of the molecule is [B]C1=CC=C(OC2C=CC(C)=C([B])C2)CC1CC. The molecule has 0 amide bonds. The molecular formula is C15H18B2O.